The molecule has 0 heterocycles. The molecule has 5 nitrogen and oxygen atoms in total. The number of halogens is 1. The second-order valence-corrected chi connectivity index (χ2v) is 4.54. The second-order valence-electron chi connectivity index (χ2n) is 4.27. The first-order valence-corrected chi connectivity index (χ1v) is 6.59. The molecule has 0 spiro atoms. The van der Waals surface area contributed by atoms with Gasteiger partial charge in [0.1, 0.15) is 18.2 Å². The summed E-state index contributed by atoms with van der Waals surface area (Å²) in [5.41, 5.74) is 1.86. The van der Waals surface area contributed by atoms with Crippen LogP contribution in [0.3, 0.4) is 0 Å². The van der Waals surface area contributed by atoms with Gasteiger partial charge in [0.15, 0.2) is 0 Å². The van der Waals surface area contributed by atoms with Crippen LogP contribution in [0.1, 0.15) is 11.1 Å². The Morgan fingerprint density at radius 2 is 2.00 bits per heavy atom. The Morgan fingerprint density at radius 1 is 1.30 bits per heavy atom. The first-order chi connectivity index (χ1) is 9.51. The van der Waals surface area contributed by atoms with Crippen molar-refractivity contribution in [1.82, 2.24) is 4.90 Å². The van der Waals surface area contributed by atoms with E-state index in [-0.39, 0.29) is 24.9 Å². The van der Waals surface area contributed by atoms with E-state index in [9.17, 15) is 9.59 Å². The highest BCUT2D eigenvalue weighted by molar-refractivity contribution is 6.27. The lowest BCUT2D eigenvalue weighted by Crippen LogP contribution is -2.36. The zero-order valence-electron chi connectivity index (χ0n) is 11.8. The minimum atomic E-state index is -0.491. The quantitative estimate of drug-likeness (QED) is 0.593. The van der Waals surface area contributed by atoms with E-state index in [1.54, 1.807) is 7.11 Å². The standard InChI is InChI=1S/C14H18ClNO4/c1-10-4-5-11(12(6-10)19-2)8-16(13(17)7-15)9-14(18)20-3/h4-6H,7-9H2,1-3H3. The molecule has 0 fully saturated rings. The van der Waals surface area contributed by atoms with Crippen LogP contribution in [0, 0.1) is 6.92 Å². The highest BCUT2D eigenvalue weighted by atomic mass is 35.5. The third kappa shape index (κ3) is 4.42. The van der Waals surface area contributed by atoms with Crippen molar-refractivity contribution < 1.29 is 19.1 Å². The summed E-state index contributed by atoms with van der Waals surface area (Å²) in [5, 5.41) is 0. The molecule has 1 rings (SSSR count). The number of aryl methyl sites for hydroxylation is 1. The number of alkyl halides is 1. The number of nitrogens with zero attached hydrogens (tertiary/aromatic N) is 1. The van der Waals surface area contributed by atoms with Gasteiger partial charge < -0.3 is 14.4 Å². The van der Waals surface area contributed by atoms with Crippen LogP contribution in [-0.4, -0.2) is 43.4 Å². The van der Waals surface area contributed by atoms with Crippen LogP contribution in [-0.2, 0) is 20.9 Å². The van der Waals surface area contributed by atoms with Gasteiger partial charge in [-0.05, 0) is 18.6 Å². The zero-order chi connectivity index (χ0) is 15.1. The van der Waals surface area contributed by atoms with Crippen LogP contribution in [0.25, 0.3) is 0 Å². The number of hydrogen-bond donors (Lipinski definition) is 0. The Hall–Kier alpha value is -1.75. The number of hydrogen-bond acceptors (Lipinski definition) is 4. The maximum atomic E-state index is 11.8. The molecule has 0 N–H and O–H groups in total. The van der Waals surface area contributed by atoms with E-state index in [0.29, 0.717) is 5.75 Å². The Morgan fingerprint density at radius 3 is 2.55 bits per heavy atom. The molecular weight excluding hydrogens is 282 g/mol. The first-order valence-electron chi connectivity index (χ1n) is 6.06. The molecule has 1 aromatic carbocycles. The van der Waals surface area contributed by atoms with E-state index >= 15 is 0 Å². The molecule has 0 aliphatic carbocycles. The summed E-state index contributed by atoms with van der Waals surface area (Å²) < 4.78 is 9.87. The lowest BCUT2D eigenvalue weighted by Gasteiger charge is -2.21. The SMILES string of the molecule is COC(=O)CN(Cc1ccc(C)cc1OC)C(=O)CCl. The van der Waals surface area contributed by atoms with Gasteiger partial charge in [-0.2, -0.15) is 0 Å². The molecule has 0 saturated carbocycles. The molecule has 0 aliphatic rings. The van der Waals surface area contributed by atoms with Gasteiger partial charge in [0.25, 0.3) is 0 Å². The lowest BCUT2D eigenvalue weighted by atomic mass is 10.1. The summed E-state index contributed by atoms with van der Waals surface area (Å²) in [5.74, 6) is -0.345. The van der Waals surface area contributed by atoms with Crippen LogP contribution in [0.2, 0.25) is 0 Å². The average molecular weight is 300 g/mol. The van der Waals surface area contributed by atoms with Crippen LogP contribution in [0.4, 0.5) is 0 Å². The van der Waals surface area contributed by atoms with Gasteiger partial charge in [0.05, 0.1) is 14.2 Å². The van der Waals surface area contributed by atoms with Gasteiger partial charge in [0.2, 0.25) is 5.91 Å². The molecule has 0 aromatic heterocycles. The summed E-state index contributed by atoms with van der Waals surface area (Å²) in [4.78, 5) is 24.5. The molecule has 0 atom stereocenters. The lowest BCUT2D eigenvalue weighted by molar-refractivity contribution is -0.146. The molecule has 0 unspecified atom stereocenters. The van der Waals surface area contributed by atoms with Gasteiger partial charge in [-0.3, -0.25) is 9.59 Å². The number of ether oxygens (including phenoxy) is 2. The van der Waals surface area contributed by atoms with Crippen LogP contribution in [0.15, 0.2) is 18.2 Å². The summed E-state index contributed by atoms with van der Waals surface area (Å²) >= 11 is 5.56. The molecule has 0 saturated heterocycles. The van der Waals surface area contributed by atoms with Crippen LogP contribution in [0.5, 0.6) is 5.75 Å². The third-order valence-corrected chi connectivity index (χ3v) is 3.05. The van der Waals surface area contributed by atoms with E-state index in [4.69, 9.17) is 16.3 Å². The van der Waals surface area contributed by atoms with E-state index in [1.165, 1.54) is 12.0 Å². The number of carbonyl (C=O) groups excluding carboxylic acids is 2. The molecule has 0 aliphatic heterocycles. The molecule has 6 heteroatoms. The summed E-state index contributed by atoms with van der Waals surface area (Å²) in [6.45, 7) is 2.05. The van der Waals surface area contributed by atoms with Gasteiger partial charge in [0, 0.05) is 12.1 Å². The summed E-state index contributed by atoms with van der Waals surface area (Å²) in [6, 6.07) is 5.65. The van der Waals surface area contributed by atoms with E-state index in [2.05, 4.69) is 4.74 Å². The van der Waals surface area contributed by atoms with Crippen molar-refractivity contribution in [3.05, 3.63) is 29.3 Å². The monoisotopic (exact) mass is 299 g/mol. The van der Waals surface area contributed by atoms with Crippen molar-refractivity contribution in [2.24, 2.45) is 0 Å². The van der Waals surface area contributed by atoms with Crippen molar-refractivity contribution in [2.45, 2.75) is 13.5 Å². The zero-order valence-corrected chi connectivity index (χ0v) is 12.6. The summed E-state index contributed by atoms with van der Waals surface area (Å²) in [7, 11) is 2.84. The molecular formula is C14H18ClNO4. The third-order valence-electron chi connectivity index (χ3n) is 2.82. The fraction of sp³-hybridized carbons (Fsp3) is 0.429. The maximum absolute atomic E-state index is 11.8. The smallest absolute Gasteiger partial charge is 0.325 e. The molecule has 110 valence electrons. The molecule has 1 amide bonds. The molecule has 0 radical (unpaired) electrons. The van der Waals surface area contributed by atoms with Crippen LogP contribution >= 0.6 is 11.6 Å². The second kappa shape index (κ2) is 7.75. The van der Waals surface area contributed by atoms with Gasteiger partial charge in [-0.15, -0.1) is 11.6 Å². The van der Waals surface area contributed by atoms with Crippen molar-refractivity contribution >= 4 is 23.5 Å². The number of benzene rings is 1. The number of carbonyl (C=O) groups is 2. The molecule has 1 aromatic rings. The minimum absolute atomic E-state index is 0.140. The minimum Gasteiger partial charge on any atom is -0.496 e. The van der Waals surface area contributed by atoms with Crippen molar-refractivity contribution in [3.63, 3.8) is 0 Å². The highest BCUT2D eigenvalue weighted by Crippen LogP contribution is 2.21. The van der Waals surface area contributed by atoms with Crippen molar-refractivity contribution in [1.29, 1.82) is 0 Å². The fourth-order valence-corrected chi connectivity index (χ4v) is 1.89. The maximum Gasteiger partial charge on any atom is 0.325 e. The topological polar surface area (TPSA) is 55.8 Å². The van der Waals surface area contributed by atoms with Crippen molar-refractivity contribution in [3.8, 4) is 5.75 Å². The van der Waals surface area contributed by atoms with Gasteiger partial charge in [-0.25, -0.2) is 0 Å². The predicted octanol–water partition coefficient (Wildman–Crippen LogP) is 1.74. The molecule has 0 bridgehead atoms. The van der Waals surface area contributed by atoms with Gasteiger partial charge in [-0.1, -0.05) is 12.1 Å². The highest BCUT2D eigenvalue weighted by Gasteiger charge is 2.18. The number of methoxy groups -OCH3 is 2. The van der Waals surface area contributed by atoms with E-state index in [0.717, 1.165) is 11.1 Å². The Bertz CT molecular complexity index is 490. The number of amides is 1. The Labute approximate surface area is 123 Å². The first kappa shape index (κ1) is 16.3. The number of rotatable bonds is 6. The van der Waals surface area contributed by atoms with E-state index < -0.39 is 5.97 Å². The van der Waals surface area contributed by atoms with Crippen LogP contribution < -0.4 is 4.74 Å². The van der Waals surface area contributed by atoms with E-state index in [1.807, 2.05) is 25.1 Å². The summed E-state index contributed by atoms with van der Waals surface area (Å²) in [6.07, 6.45) is 0. The largest absolute Gasteiger partial charge is 0.496 e. The van der Waals surface area contributed by atoms with Gasteiger partial charge >= 0.3 is 5.97 Å². The Kier molecular flexibility index (Phi) is 6.31. The molecule has 20 heavy (non-hydrogen) atoms. The Balaban J connectivity index is 2.94. The normalized spacial score (nSPS) is 10.0. The average Bonchev–Trinajstić information content (AvgIpc) is 2.46. The number of esters is 1. The fourth-order valence-electron chi connectivity index (χ4n) is 1.73. The predicted molar refractivity (Wildman–Crippen MR) is 75.9 cm³/mol. The van der Waals surface area contributed by atoms with Crippen molar-refractivity contribution in [2.75, 3.05) is 26.6 Å².